The van der Waals surface area contributed by atoms with Crippen LogP contribution < -0.4 is 18.9 Å². The van der Waals surface area contributed by atoms with Crippen LogP contribution in [0.3, 0.4) is 0 Å². The molecule has 0 radical (unpaired) electrons. The summed E-state index contributed by atoms with van der Waals surface area (Å²) in [5.74, 6) is 4.00. The van der Waals surface area contributed by atoms with E-state index in [-0.39, 0.29) is 0 Å². The van der Waals surface area contributed by atoms with Crippen molar-refractivity contribution in [3.8, 4) is 23.0 Å². The van der Waals surface area contributed by atoms with Gasteiger partial charge >= 0.3 is 7.69 Å². The van der Waals surface area contributed by atoms with E-state index in [0.29, 0.717) is 60.6 Å². The Kier molecular flexibility index (Phi) is 18.5. The van der Waals surface area contributed by atoms with Crippen molar-refractivity contribution in [1.82, 2.24) is 0 Å². The Bertz CT molecular complexity index is 628. The molecule has 3 atom stereocenters. The van der Waals surface area contributed by atoms with Gasteiger partial charge in [-0.2, -0.15) is 0 Å². The van der Waals surface area contributed by atoms with Gasteiger partial charge in [-0.05, 0) is 37.0 Å². The van der Waals surface area contributed by atoms with Crippen molar-refractivity contribution in [2.24, 2.45) is 17.8 Å². The summed E-state index contributed by atoms with van der Waals surface area (Å²) in [5.41, 5.74) is 0. The Morgan fingerprint density at radius 3 is 1.36 bits per heavy atom. The standard InChI is InChI=1S/C30H55BO5/c1-7-13-16-24(10-4)21-33-28-19-27(36-31-32)20-29(34-22-25(11-5)17-14-8-2)30(28)35-23-26(12-6)18-15-9-3/h19-20,24-26,31-32H,7-18,21-23H2,1-6H3. The molecular weight excluding hydrogens is 451 g/mol. The highest BCUT2D eigenvalue weighted by atomic mass is 16.5. The van der Waals surface area contributed by atoms with E-state index in [0.717, 1.165) is 38.5 Å². The minimum absolute atomic E-state index is 0.393. The average molecular weight is 507 g/mol. The maximum absolute atomic E-state index is 9.43. The minimum atomic E-state index is -0.393. The third kappa shape index (κ3) is 12.6. The third-order valence-corrected chi connectivity index (χ3v) is 7.27. The number of hydrogen-bond acceptors (Lipinski definition) is 5. The van der Waals surface area contributed by atoms with Crippen LogP contribution in [0.15, 0.2) is 12.1 Å². The summed E-state index contributed by atoms with van der Waals surface area (Å²) in [7, 11) is -0.393. The molecule has 1 aromatic carbocycles. The number of rotatable bonds is 23. The predicted octanol–water partition coefficient (Wildman–Crippen LogP) is 8.11. The van der Waals surface area contributed by atoms with Crippen LogP contribution >= 0.6 is 0 Å². The molecule has 0 saturated carbocycles. The molecule has 0 bridgehead atoms. The third-order valence-electron chi connectivity index (χ3n) is 7.27. The van der Waals surface area contributed by atoms with Gasteiger partial charge in [0.1, 0.15) is 5.75 Å². The number of benzene rings is 1. The quantitative estimate of drug-likeness (QED) is 0.152. The van der Waals surface area contributed by atoms with Gasteiger partial charge in [-0.3, -0.25) is 0 Å². The summed E-state index contributed by atoms with van der Waals surface area (Å²) < 4.78 is 24.7. The lowest BCUT2D eigenvalue weighted by atomic mass is 10.0. The SMILES string of the molecule is CCCCC(CC)COc1cc(OBO)cc(OCC(CC)CCCC)c1OCC(CC)CCCC. The molecule has 1 rings (SSSR count). The Hall–Kier alpha value is -1.56. The van der Waals surface area contributed by atoms with E-state index in [1.807, 2.05) is 12.1 Å². The van der Waals surface area contributed by atoms with Crippen LogP contribution in [0.2, 0.25) is 0 Å². The van der Waals surface area contributed by atoms with Gasteiger partial charge in [-0.1, -0.05) is 99.3 Å². The number of hydrogen-bond donors (Lipinski definition) is 1. The fourth-order valence-electron chi connectivity index (χ4n) is 4.38. The summed E-state index contributed by atoms with van der Waals surface area (Å²) in [6, 6.07) is 3.68. The normalized spacial score (nSPS) is 13.6. The van der Waals surface area contributed by atoms with Gasteiger partial charge in [-0.15, -0.1) is 0 Å². The first-order valence-corrected chi connectivity index (χ1v) is 14.9. The zero-order valence-corrected chi connectivity index (χ0v) is 24.3. The van der Waals surface area contributed by atoms with Crippen LogP contribution in [-0.2, 0) is 0 Å². The topological polar surface area (TPSA) is 57.2 Å². The lowest BCUT2D eigenvalue weighted by molar-refractivity contribution is 0.180. The van der Waals surface area contributed by atoms with Crippen LogP contribution in [0, 0.1) is 17.8 Å². The van der Waals surface area contributed by atoms with Crippen LogP contribution in [-0.4, -0.2) is 32.5 Å². The smallest absolute Gasteiger partial charge is 0.504 e. The fraction of sp³-hybridized carbons (Fsp3) is 0.800. The second kappa shape index (κ2) is 20.5. The van der Waals surface area contributed by atoms with Gasteiger partial charge in [0.2, 0.25) is 5.75 Å². The molecule has 0 amide bonds. The second-order valence-corrected chi connectivity index (χ2v) is 10.2. The summed E-state index contributed by atoms with van der Waals surface area (Å²) in [6.07, 6.45) is 13.9. The zero-order valence-electron chi connectivity index (χ0n) is 24.3. The molecule has 0 aromatic heterocycles. The van der Waals surface area contributed by atoms with Gasteiger partial charge in [0.25, 0.3) is 0 Å². The van der Waals surface area contributed by atoms with E-state index >= 15 is 0 Å². The molecule has 208 valence electrons. The second-order valence-electron chi connectivity index (χ2n) is 10.2. The van der Waals surface area contributed by atoms with E-state index in [2.05, 4.69) is 41.5 Å². The Balaban J connectivity index is 3.22. The molecule has 0 spiro atoms. The molecule has 0 saturated heterocycles. The first kappa shape index (κ1) is 32.5. The maximum Gasteiger partial charge on any atom is 0.504 e. The molecule has 0 aliphatic rings. The fourth-order valence-corrected chi connectivity index (χ4v) is 4.38. The van der Waals surface area contributed by atoms with E-state index in [1.54, 1.807) is 0 Å². The van der Waals surface area contributed by atoms with Crippen LogP contribution in [0.4, 0.5) is 0 Å². The van der Waals surface area contributed by atoms with Crippen molar-refractivity contribution in [2.75, 3.05) is 19.8 Å². The molecule has 0 aliphatic heterocycles. The van der Waals surface area contributed by atoms with Crippen molar-refractivity contribution >= 4 is 7.69 Å². The summed E-state index contributed by atoms with van der Waals surface area (Å²) >= 11 is 0. The molecular formula is C30H55BO5. The molecule has 1 aromatic rings. The molecule has 3 unspecified atom stereocenters. The average Bonchev–Trinajstić information content (AvgIpc) is 2.90. The van der Waals surface area contributed by atoms with E-state index in [1.165, 1.54) is 38.5 Å². The van der Waals surface area contributed by atoms with Gasteiger partial charge in [0.05, 0.1) is 19.8 Å². The van der Waals surface area contributed by atoms with Gasteiger partial charge in [-0.25, -0.2) is 0 Å². The Morgan fingerprint density at radius 2 is 1.03 bits per heavy atom. The number of unbranched alkanes of at least 4 members (excludes halogenated alkanes) is 3. The predicted molar refractivity (Wildman–Crippen MR) is 153 cm³/mol. The maximum atomic E-state index is 9.43. The van der Waals surface area contributed by atoms with Crippen molar-refractivity contribution in [1.29, 1.82) is 0 Å². The van der Waals surface area contributed by atoms with E-state index < -0.39 is 7.69 Å². The van der Waals surface area contributed by atoms with E-state index in [4.69, 9.17) is 18.9 Å². The molecule has 1 N–H and O–H groups in total. The lowest BCUT2D eigenvalue weighted by Crippen LogP contribution is -2.16. The molecule has 0 aliphatic carbocycles. The van der Waals surface area contributed by atoms with Crippen LogP contribution in [0.1, 0.15) is 119 Å². The lowest BCUT2D eigenvalue weighted by Gasteiger charge is -2.23. The Morgan fingerprint density at radius 1 is 0.639 bits per heavy atom. The highest BCUT2D eigenvalue weighted by Crippen LogP contribution is 2.42. The molecule has 6 heteroatoms. The summed E-state index contributed by atoms with van der Waals surface area (Å²) in [6.45, 7) is 15.3. The minimum Gasteiger partial charge on any atom is -0.539 e. The van der Waals surface area contributed by atoms with E-state index in [9.17, 15) is 5.02 Å². The molecule has 5 nitrogen and oxygen atoms in total. The number of ether oxygens (including phenoxy) is 3. The van der Waals surface area contributed by atoms with Gasteiger partial charge in [0.15, 0.2) is 11.5 Å². The highest BCUT2D eigenvalue weighted by Gasteiger charge is 2.20. The zero-order chi connectivity index (χ0) is 26.6. The van der Waals surface area contributed by atoms with Crippen molar-refractivity contribution in [2.45, 2.75) is 119 Å². The summed E-state index contributed by atoms with van der Waals surface area (Å²) in [4.78, 5) is 0. The highest BCUT2D eigenvalue weighted by molar-refractivity contribution is 6.17. The first-order valence-electron chi connectivity index (χ1n) is 14.9. The largest absolute Gasteiger partial charge is 0.539 e. The Labute approximate surface area is 222 Å². The molecule has 0 fully saturated rings. The molecule has 36 heavy (non-hydrogen) atoms. The monoisotopic (exact) mass is 506 g/mol. The van der Waals surface area contributed by atoms with Crippen molar-refractivity contribution < 1.29 is 23.9 Å². The van der Waals surface area contributed by atoms with Gasteiger partial charge < -0.3 is 23.9 Å². The first-order chi connectivity index (χ1) is 17.6. The van der Waals surface area contributed by atoms with Crippen molar-refractivity contribution in [3.05, 3.63) is 12.1 Å². The molecule has 0 heterocycles. The van der Waals surface area contributed by atoms with Crippen LogP contribution in [0.5, 0.6) is 23.0 Å². The van der Waals surface area contributed by atoms with Crippen LogP contribution in [0.25, 0.3) is 0 Å². The van der Waals surface area contributed by atoms with Crippen molar-refractivity contribution in [3.63, 3.8) is 0 Å². The van der Waals surface area contributed by atoms with Gasteiger partial charge in [0, 0.05) is 12.1 Å². The summed E-state index contributed by atoms with van der Waals surface area (Å²) in [5, 5.41) is 9.43.